The molecule has 0 atom stereocenters. The number of hydrogen-bond acceptors (Lipinski definition) is 3. The van der Waals surface area contributed by atoms with E-state index in [4.69, 9.17) is 0 Å². The number of rotatable bonds is 7. The second kappa shape index (κ2) is 8.67. The van der Waals surface area contributed by atoms with Gasteiger partial charge < -0.3 is 10.1 Å². The van der Waals surface area contributed by atoms with Crippen molar-refractivity contribution in [2.24, 2.45) is 0 Å². The molecule has 0 heterocycles. The summed E-state index contributed by atoms with van der Waals surface area (Å²) in [6, 6.07) is 17.6. The van der Waals surface area contributed by atoms with Crippen molar-refractivity contribution in [1.82, 2.24) is 0 Å². The van der Waals surface area contributed by atoms with Gasteiger partial charge in [-0.1, -0.05) is 42.5 Å². The first kappa shape index (κ1) is 15.8. The van der Waals surface area contributed by atoms with Gasteiger partial charge in [0.1, 0.15) is 0 Å². The number of methoxy groups -OCH3 is 1. The van der Waals surface area contributed by atoms with Gasteiger partial charge in [-0.3, -0.25) is 0 Å². The van der Waals surface area contributed by atoms with Crippen LogP contribution in [0.1, 0.15) is 28.8 Å². The molecule has 0 fully saturated rings. The van der Waals surface area contributed by atoms with Crippen LogP contribution in [0.5, 0.6) is 0 Å². The van der Waals surface area contributed by atoms with Crippen LogP contribution >= 0.6 is 0 Å². The Balaban J connectivity index is 1.70. The van der Waals surface area contributed by atoms with Gasteiger partial charge >= 0.3 is 5.97 Å². The maximum absolute atomic E-state index is 11.3. The van der Waals surface area contributed by atoms with Crippen molar-refractivity contribution in [3.05, 3.63) is 71.8 Å². The van der Waals surface area contributed by atoms with Crippen molar-refractivity contribution in [3.8, 4) is 0 Å². The molecular weight excluding hydrogens is 274 g/mol. The highest BCUT2D eigenvalue weighted by Gasteiger charge is 2.02. The fourth-order valence-electron chi connectivity index (χ4n) is 2.08. The Morgan fingerprint density at radius 1 is 1.09 bits per heavy atom. The van der Waals surface area contributed by atoms with Crippen molar-refractivity contribution in [3.63, 3.8) is 0 Å². The normalized spacial score (nSPS) is 10.6. The summed E-state index contributed by atoms with van der Waals surface area (Å²) >= 11 is 0. The quantitative estimate of drug-likeness (QED) is 0.608. The van der Waals surface area contributed by atoms with Crippen LogP contribution in [0.25, 0.3) is 6.08 Å². The smallest absolute Gasteiger partial charge is 0.337 e. The maximum Gasteiger partial charge on any atom is 0.337 e. The van der Waals surface area contributed by atoms with Gasteiger partial charge in [0, 0.05) is 12.2 Å². The van der Waals surface area contributed by atoms with Crippen LogP contribution in [0, 0.1) is 0 Å². The van der Waals surface area contributed by atoms with Crippen molar-refractivity contribution >= 4 is 17.7 Å². The first-order chi connectivity index (χ1) is 10.8. The zero-order valence-electron chi connectivity index (χ0n) is 12.8. The van der Waals surface area contributed by atoms with Crippen LogP contribution < -0.4 is 5.32 Å². The minimum absolute atomic E-state index is 0.303. The number of allylic oxidation sites excluding steroid dienone is 1. The molecule has 22 heavy (non-hydrogen) atoms. The van der Waals surface area contributed by atoms with E-state index in [0.717, 1.165) is 30.6 Å². The topological polar surface area (TPSA) is 38.3 Å². The summed E-state index contributed by atoms with van der Waals surface area (Å²) in [7, 11) is 1.39. The molecule has 0 unspecified atom stereocenters. The van der Waals surface area contributed by atoms with E-state index in [1.54, 1.807) is 12.1 Å². The number of carbonyl (C=O) groups is 1. The minimum atomic E-state index is -0.303. The molecule has 0 amide bonds. The summed E-state index contributed by atoms with van der Waals surface area (Å²) in [6.45, 7) is 0.954. The molecule has 1 N–H and O–H groups in total. The number of carbonyl (C=O) groups excluding carboxylic acids is 1. The van der Waals surface area contributed by atoms with E-state index < -0.39 is 0 Å². The molecule has 0 aliphatic rings. The minimum Gasteiger partial charge on any atom is -0.465 e. The molecule has 0 aliphatic carbocycles. The lowest BCUT2D eigenvalue weighted by atomic mass is 10.1. The van der Waals surface area contributed by atoms with Crippen LogP contribution in [-0.4, -0.2) is 19.6 Å². The number of esters is 1. The summed E-state index contributed by atoms with van der Waals surface area (Å²) in [5.41, 5.74) is 2.82. The average Bonchev–Trinajstić information content (AvgIpc) is 2.58. The largest absolute Gasteiger partial charge is 0.465 e. The number of hydrogen-bond donors (Lipinski definition) is 1. The predicted octanol–water partition coefficient (Wildman–Crippen LogP) is 4.38. The molecule has 2 aromatic carbocycles. The van der Waals surface area contributed by atoms with E-state index in [-0.39, 0.29) is 5.97 Å². The molecule has 0 spiro atoms. The van der Waals surface area contributed by atoms with E-state index in [1.807, 2.05) is 30.3 Å². The lowest BCUT2D eigenvalue weighted by Crippen LogP contribution is -2.00. The van der Waals surface area contributed by atoms with Crippen LogP contribution in [0.4, 0.5) is 5.69 Å². The Morgan fingerprint density at radius 3 is 2.50 bits per heavy atom. The Morgan fingerprint density at radius 2 is 1.82 bits per heavy atom. The average molecular weight is 295 g/mol. The Labute approximate surface area is 131 Å². The Hall–Kier alpha value is -2.55. The first-order valence-electron chi connectivity index (χ1n) is 7.43. The first-order valence-corrected chi connectivity index (χ1v) is 7.43. The summed E-state index contributed by atoms with van der Waals surface area (Å²) < 4.78 is 4.67. The standard InChI is InChI=1S/C19H21NO2/c1-22-19(21)17-13-11-16(12-14-17)8-4-3-7-15-20-18-9-5-2-6-10-18/h2,4-6,8-14,20H,3,7,15H2,1H3. The molecular formula is C19H21NO2. The maximum atomic E-state index is 11.3. The van der Waals surface area contributed by atoms with E-state index in [0.29, 0.717) is 5.56 Å². The molecule has 2 aromatic rings. The van der Waals surface area contributed by atoms with E-state index >= 15 is 0 Å². The van der Waals surface area contributed by atoms with Gasteiger partial charge in [-0.2, -0.15) is 0 Å². The third kappa shape index (κ3) is 5.09. The molecule has 114 valence electrons. The van der Waals surface area contributed by atoms with E-state index in [9.17, 15) is 4.79 Å². The zero-order chi connectivity index (χ0) is 15.6. The SMILES string of the molecule is COC(=O)c1ccc(C=CCCCNc2ccccc2)cc1. The highest BCUT2D eigenvalue weighted by molar-refractivity contribution is 5.89. The molecule has 0 bridgehead atoms. The van der Waals surface area contributed by atoms with Crippen molar-refractivity contribution in [1.29, 1.82) is 0 Å². The summed E-state index contributed by atoms with van der Waals surface area (Å²) in [6.07, 6.45) is 6.31. The second-order valence-electron chi connectivity index (χ2n) is 4.95. The van der Waals surface area contributed by atoms with Gasteiger partial charge in [-0.15, -0.1) is 0 Å². The van der Waals surface area contributed by atoms with Gasteiger partial charge in [0.15, 0.2) is 0 Å². The summed E-state index contributed by atoms with van der Waals surface area (Å²) in [4.78, 5) is 11.3. The number of ether oxygens (including phenoxy) is 1. The van der Waals surface area contributed by atoms with Crippen LogP contribution in [0.3, 0.4) is 0 Å². The molecule has 3 nitrogen and oxygen atoms in total. The lowest BCUT2D eigenvalue weighted by molar-refractivity contribution is 0.0601. The van der Waals surface area contributed by atoms with Gasteiger partial charge in [0.2, 0.25) is 0 Å². The van der Waals surface area contributed by atoms with E-state index in [1.165, 1.54) is 7.11 Å². The predicted molar refractivity (Wildman–Crippen MR) is 91.0 cm³/mol. The van der Waals surface area contributed by atoms with Crippen LogP contribution in [0.2, 0.25) is 0 Å². The fourth-order valence-corrected chi connectivity index (χ4v) is 2.08. The number of para-hydroxylation sites is 1. The number of nitrogens with one attached hydrogen (secondary N) is 1. The fraction of sp³-hybridized carbons (Fsp3) is 0.211. The third-order valence-corrected chi connectivity index (χ3v) is 3.29. The molecule has 0 aliphatic heterocycles. The van der Waals surface area contributed by atoms with Crippen molar-refractivity contribution < 1.29 is 9.53 Å². The molecule has 0 saturated heterocycles. The van der Waals surface area contributed by atoms with Gasteiger partial charge in [0.05, 0.1) is 12.7 Å². The van der Waals surface area contributed by atoms with Gasteiger partial charge in [0.25, 0.3) is 0 Å². The Bertz CT molecular complexity index is 603. The second-order valence-corrected chi connectivity index (χ2v) is 4.95. The summed E-state index contributed by atoms with van der Waals surface area (Å²) in [5, 5.41) is 3.38. The van der Waals surface area contributed by atoms with E-state index in [2.05, 4.69) is 34.3 Å². The number of unbranched alkanes of at least 4 members (excludes halogenated alkanes) is 1. The summed E-state index contributed by atoms with van der Waals surface area (Å²) in [5.74, 6) is -0.303. The number of anilines is 1. The molecule has 0 radical (unpaired) electrons. The molecule has 0 aromatic heterocycles. The van der Waals surface area contributed by atoms with Crippen LogP contribution in [-0.2, 0) is 4.74 Å². The van der Waals surface area contributed by atoms with Gasteiger partial charge in [-0.25, -0.2) is 4.79 Å². The van der Waals surface area contributed by atoms with Crippen molar-refractivity contribution in [2.45, 2.75) is 12.8 Å². The third-order valence-electron chi connectivity index (χ3n) is 3.29. The van der Waals surface area contributed by atoms with Gasteiger partial charge in [-0.05, 0) is 42.7 Å². The van der Waals surface area contributed by atoms with Crippen molar-refractivity contribution in [2.75, 3.05) is 19.0 Å². The molecule has 2 rings (SSSR count). The molecule has 0 saturated carbocycles. The highest BCUT2D eigenvalue weighted by atomic mass is 16.5. The lowest BCUT2D eigenvalue weighted by Gasteiger charge is -2.04. The number of benzene rings is 2. The highest BCUT2D eigenvalue weighted by Crippen LogP contribution is 2.09. The molecule has 3 heteroatoms. The Kier molecular flexibility index (Phi) is 6.24. The zero-order valence-corrected chi connectivity index (χ0v) is 12.8. The van der Waals surface area contributed by atoms with Crippen LogP contribution in [0.15, 0.2) is 60.7 Å². The monoisotopic (exact) mass is 295 g/mol.